The third-order valence-electron chi connectivity index (χ3n) is 3.30. The van der Waals surface area contributed by atoms with E-state index in [1.54, 1.807) is 0 Å². The van der Waals surface area contributed by atoms with Crippen molar-refractivity contribution in [1.29, 1.82) is 0 Å². The molecular weight excluding hydrogens is 271 g/mol. The predicted molar refractivity (Wildman–Crippen MR) is 69.4 cm³/mol. The van der Waals surface area contributed by atoms with E-state index >= 15 is 0 Å². The minimum atomic E-state index is -4.44. The molecule has 1 fully saturated rings. The van der Waals surface area contributed by atoms with Gasteiger partial charge in [0.05, 0.1) is 0 Å². The molecule has 0 radical (unpaired) electrons. The van der Waals surface area contributed by atoms with Crippen LogP contribution in [0, 0.1) is 0 Å². The van der Waals surface area contributed by atoms with Crippen LogP contribution in [0.3, 0.4) is 0 Å². The highest BCUT2D eigenvalue weighted by atomic mass is 19.4. The van der Waals surface area contributed by atoms with Crippen molar-refractivity contribution in [2.75, 3.05) is 44.2 Å². The second-order valence-corrected chi connectivity index (χ2v) is 4.75. The molecule has 0 unspecified atom stereocenters. The van der Waals surface area contributed by atoms with Crippen molar-refractivity contribution in [1.82, 2.24) is 15.1 Å². The van der Waals surface area contributed by atoms with Gasteiger partial charge in [-0.1, -0.05) is 0 Å². The van der Waals surface area contributed by atoms with Crippen LogP contribution in [0.4, 0.5) is 19.0 Å². The summed E-state index contributed by atoms with van der Waals surface area (Å²) in [6.07, 6.45) is -3.51. The minimum Gasteiger partial charge on any atom is -0.354 e. The first-order chi connectivity index (χ1) is 9.50. The molecule has 1 aromatic rings. The summed E-state index contributed by atoms with van der Waals surface area (Å²) in [5, 5.41) is 6.96. The van der Waals surface area contributed by atoms with Crippen LogP contribution < -0.4 is 10.6 Å². The molecule has 0 bridgehead atoms. The molecule has 0 aromatic carbocycles. The highest BCUT2D eigenvalue weighted by Gasteiger charge is 2.33. The van der Waals surface area contributed by atoms with Crippen LogP contribution in [0.2, 0.25) is 0 Å². The zero-order chi connectivity index (χ0) is 14.6. The third-order valence-corrected chi connectivity index (χ3v) is 3.30. The monoisotopic (exact) mass is 289 g/mol. The van der Waals surface area contributed by atoms with Crippen LogP contribution in [0.5, 0.6) is 0 Å². The SMILES string of the molecule is NCCN1CCCN(c2ccc(C(F)(F)F)nn2)CC1. The number of aromatic nitrogens is 2. The molecule has 20 heavy (non-hydrogen) atoms. The van der Waals surface area contributed by atoms with Gasteiger partial charge in [-0.25, -0.2) is 0 Å². The molecule has 0 atom stereocenters. The van der Waals surface area contributed by atoms with Crippen LogP contribution in [-0.2, 0) is 6.18 Å². The Hall–Kier alpha value is -1.41. The Balaban J connectivity index is 2.01. The zero-order valence-corrected chi connectivity index (χ0v) is 11.1. The van der Waals surface area contributed by atoms with Crippen LogP contribution in [-0.4, -0.2) is 54.4 Å². The number of nitrogens with two attached hydrogens (primary N) is 1. The first kappa shape index (κ1) is 15.0. The summed E-state index contributed by atoms with van der Waals surface area (Å²) in [5.41, 5.74) is 4.57. The second kappa shape index (κ2) is 6.36. The van der Waals surface area contributed by atoms with Gasteiger partial charge >= 0.3 is 6.18 Å². The lowest BCUT2D eigenvalue weighted by Gasteiger charge is -2.22. The fraction of sp³-hybridized carbons (Fsp3) is 0.667. The highest BCUT2D eigenvalue weighted by molar-refractivity contribution is 5.37. The second-order valence-electron chi connectivity index (χ2n) is 4.75. The van der Waals surface area contributed by atoms with Crippen molar-refractivity contribution in [2.24, 2.45) is 5.73 Å². The number of nitrogens with zero attached hydrogens (tertiary/aromatic N) is 4. The van der Waals surface area contributed by atoms with Gasteiger partial charge in [-0.15, -0.1) is 10.2 Å². The summed E-state index contributed by atoms with van der Waals surface area (Å²) in [6, 6.07) is 2.36. The van der Waals surface area contributed by atoms with E-state index in [9.17, 15) is 13.2 Å². The number of alkyl halides is 3. The molecule has 0 aliphatic carbocycles. The first-order valence-electron chi connectivity index (χ1n) is 6.59. The predicted octanol–water partition coefficient (Wildman–Crippen LogP) is 0.966. The number of hydrogen-bond donors (Lipinski definition) is 1. The maximum atomic E-state index is 12.4. The Kier molecular flexibility index (Phi) is 4.77. The van der Waals surface area contributed by atoms with E-state index in [2.05, 4.69) is 15.1 Å². The molecule has 1 saturated heterocycles. The summed E-state index contributed by atoms with van der Waals surface area (Å²) in [6.45, 7) is 4.72. The van der Waals surface area contributed by atoms with E-state index in [1.165, 1.54) is 6.07 Å². The molecular formula is C12H18F3N5. The fourth-order valence-electron chi connectivity index (χ4n) is 2.25. The molecule has 1 aliphatic heterocycles. The number of rotatable bonds is 3. The minimum absolute atomic E-state index is 0.493. The number of anilines is 1. The Morgan fingerprint density at radius 1 is 1.10 bits per heavy atom. The van der Waals surface area contributed by atoms with Gasteiger partial charge in [0, 0.05) is 32.7 Å². The fourth-order valence-corrected chi connectivity index (χ4v) is 2.25. The molecule has 0 spiro atoms. The topological polar surface area (TPSA) is 58.3 Å². The smallest absolute Gasteiger partial charge is 0.354 e. The van der Waals surface area contributed by atoms with Crippen molar-refractivity contribution >= 4 is 5.82 Å². The van der Waals surface area contributed by atoms with Crippen LogP contribution in [0.15, 0.2) is 12.1 Å². The molecule has 8 heteroatoms. The van der Waals surface area contributed by atoms with Crippen LogP contribution in [0.1, 0.15) is 12.1 Å². The Morgan fingerprint density at radius 2 is 1.90 bits per heavy atom. The summed E-state index contributed by atoms with van der Waals surface area (Å²) in [5.74, 6) is 0.493. The zero-order valence-electron chi connectivity index (χ0n) is 11.1. The van der Waals surface area contributed by atoms with Gasteiger partial charge in [0.1, 0.15) is 0 Å². The van der Waals surface area contributed by atoms with Gasteiger partial charge < -0.3 is 15.5 Å². The molecule has 1 aromatic heterocycles. The Labute approximate surface area is 115 Å². The quantitative estimate of drug-likeness (QED) is 0.898. The summed E-state index contributed by atoms with van der Waals surface area (Å²) in [7, 11) is 0. The number of halogens is 3. The lowest BCUT2D eigenvalue weighted by atomic mass is 10.3. The Morgan fingerprint density at radius 3 is 2.50 bits per heavy atom. The number of hydrogen-bond acceptors (Lipinski definition) is 5. The lowest BCUT2D eigenvalue weighted by Crippen LogP contribution is -2.34. The standard InChI is InChI=1S/C12H18F3N5/c13-12(14,15)10-2-3-11(18-17-10)20-6-1-5-19(7-4-16)8-9-20/h2-3H,1,4-9,16H2. The molecule has 112 valence electrons. The van der Waals surface area contributed by atoms with Gasteiger partial charge in [0.15, 0.2) is 11.5 Å². The van der Waals surface area contributed by atoms with Crippen molar-refractivity contribution in [2.45, 2.75) is 12.6 Å². The van der Waals surface area contributed by atoms with Gasteiger partial charge in [0.25, 0.3) is 0 Å². The molecule has 2 N–H and O–H groups in total. The summed E-state index contributed by atoms with van der Waals surface area (Å²) < 4.78 is 37.3. The van der Waals surface area contributed by atoms with Crippen molar-refractivity contribution in [3.63, 3.8) is 0 Å². The van der Waals surface area contributed by atoms with Gasteiger partial charge in [-0.3, -0.25) is 0 Å². The average Bonchev–Trinajstić information content (AvgIpc) is 2.64. The molecule has 1 aliphatic rings. The molecule has 2 heterocycles. The van der Waals surface area contributed by atoms with Crippen molar-refractivity contribution in [3.8, 4) is 0 Å². The molecule has 2 rings (SSSR count). The molecule has 5 nitrogen and oxygen atoms in total. The van der Waals surface area contributed by atoms with Gasteiger partial charge in [-0.05, 0) is 25.1 Å². The summed E-state index contributed by atoms with van der Waals surface area (Å²) >= 11 is 0. The van der Waals surface area contributed by atoms with E-state index in [-0.39, 0.29) is 0 Å². The van der Waals surface area contributed by atoms with Crippen molar-refractivity contribution in [3.05, 3.63) is 17.8 Å². The van der Waals surface area contributed by atoms with E-state index in [0.29, 0.717) is 12.4 Å². The van der Waals surface area contributed by atoms with Gasteiger partial charge in [-0.2, -0.15) is 13.2 Å². The van der Waals surface area contributed by atoms with E-state index in [4.69, 9.17) is 5.73 Å². The highest BCUT2D eigenvalue weighted by Crippen LogP contribution is 2.27. The maximum absolute atomic E-state index is 12.4. The van der Waals surface area contributed by atoms with E-state index < -0.39 is 11.9 Å². The molecule has 0 saturated carbocycles. The Bertz CT molecular complexity index is 420. The average molecular weight is 289 g/mol. The maximum Gasteiger partial charge on any atom is 0.435 e. The van der Waals surface area contributed by atoms with E-state index in [1.807, 2.05) is 4.90 Å². The van der Waals surface area contributed by atoms with Crippen LogP contribution in [0.25, 0.3) is 0 Å². The lowest BCUT2D eigenvalue weighted by molar-refractivity contribution is -0.141. The molecule has 0 amide bonds. The van der Waals surface area contributed by atoms with E-state index in [0.717, 1.165) is 45.2 Å². The largest absolute Gasteiger partial charge is 0.435 e. The first-order valence-corrected chi connectivity index (χ1v) is 6.59. The summed E-state index contributed by atoms with van der Waals surface area (Å²) in [4.78, 5) is 4.21. The van der Waals surface area contributed by atoms with Gasteiger partial charge in [0.2, 0.25) is 0 Å². The van der Waals surface area contributed by atoms with Crippen molar-refractivity contribution < 1.29 is 13.2 Å². The van der Waals surface area contributed by atoms with Crippen LogP contribution >= 0.6 is 0 Å². The third kappa shape index (κ3) is 3.80. The normalized spacial score (nSPS) is 18.1.